The van der Waals surface area contributed by atoms with Crippen LogP contribution in [0.15, 0.2) is 41.3 Å². The number of carbonyl (C=O) groups excluding carboxylic acids is 2. The fourth-order valence-corrected chi connectivity index (χ4v) is 4.78. The highest BCUT2D eigenvalue weighted by molar-refractivity contribution is 7.89. The molecule has 5 N–H and O–H groups in total. The summed E-state index contributed by atoms with van der Waals surface area (Å²) in [4.78, 5) is 23.6. The van der Waals surface area contributed by atoms with E-state index in [9.17, 15) is 33.3 Å². The van der Waals surface area contributed by atoms with E-state index in [1.165, 1.54) is 35.5 Å². The van der Waals surface area contributed by atoms with Crippen molar-refractivity contribution < 1.29 is 33.3 Å². The third-order valence-corrected chi connectivity index (χ3v) is 6.85. The van der Waals surface area contributed by atoms with Gasteiger partial charge in [0, 0.05) is 37.3 Å². The first-order valence-corrected chi connectivity index (χ1v) is 11.0. The van der Waals surface area contributed by atoms with E-state index < -0.39 is 33.2 Å². The van der Waals surface area contributed by atoms with Gasteiger partial charge in [-0.1, -0.05) is 0 Å². The number of nitrogens with zero attached hydrogens (tertiary/aromatic N) is 1. The van der Waals surface area contributed by atoms with E-state index in [0.29, 0.717) is 18.5 Å². The van der Waals surface area contributed by atoms with Crippen LogP contribution in [0.1, 0.15) is 30.1 Å². The summed E-state index contributed by atoms with van der Waals surface area (Å²) in [5.74, 6) is -2.75. The average Bonchev–Trinajstić information content (AvgIpc) is 2.72. The molecule has 10 nitrogen and oxygen atoms in total. The highest BCUT2D eigenvalue weighted by Crippen LogP contribution is 2.35. The number of benzene rings is 2. The molecule has 11 heteroatoms. The summed E-state index contributed by atoms with van der Waals surface area (Å²) in [6.45, 7) is 1.76. The van der Waals surface area contributed by atoms with Gasteiger partial charge in [0.15, 0.2) is 17.2 Å². The van der Waals surface area contributed by atoms with Crippen molar-refractivity contribution in [3.63, 3.8) is 0 Å². The SMILES string of the molecule is CC(=O)Nc1ccc(S(=O)(=O)N2CCC(NC(=O)c3cc(O)c(O)c(O)c3)CC2)cc1. The molecule has 0 bridgehead atoms. The Morgan fingerprint density at radius 1 is 1.00 bits per heavy atom. The summed E-state index contributed by atoms with van der Waals surface area (Å²) in [5.41, 5.74) is 0.473. The minimum absolute atomic E-state index is 0.0258. The van der Waals surface area contributed by atoms with Crippen LogP contribution < -0.4 is 10.6 Å². The van der Waals surface area contributed by atoms with Crippen molar-refractivity contribution in [2.24, 2.45) is 0 Å². The lowest BCUT2D eigenvalue weighted by Crippen LogP contribution is -2.46. The maximum Gasteiger partial charge on any atom is 0.251 e. The molecule has 0 radical (unpaired) electrons. The number of amides is 2. The van der Waals surface area contributed by atoms with E-state index >= 15 is 0 Å². The van der Waals surface area contributed by atoms with Gasteiger partial charge in [0.05, 0.1) is 4.90 Å². The van der Waals surface area contributed by atoms with E-state index in [2.05, 4.69) is 10.6 Å². The zero-order chi connectivity index (χ0) is 22.8. The summed E-state index contributed by atoms with van der Waals surface area (Å²) in [7, 11) is -3.71. The fraction of sp³-hybridized carbons (Fsp3) is 0.300. The smallest absolute Gasteiger partial charge is 0.251 e. The zero-order valence-corrected chi connectivity index (χ0v) is 17.5. The topological polar surface area (TPSA) is 156 Å². The van der Waals surface area contributed by atoms with Crippen molar-refractivity contribution in [1.82, 2.24) is 9.62 Å². The molecule has 1 saturated heterocycles. The number of sulfonamides is 1. The number of phenolic OH excluding ortho intramolecular Hbond substituents is 3. The number of anilines is 1. The lowest BCUT2D eigenvalue weighted by molar-refractivity contribution is -0.114. The van der Waals surface area contributed by atoms with Crippen LogP contribution in [0.4, 0.5) is 5.69 Å². The van der Waals surface area contributed by atoms with Gasteiger partial charge in [-0.25, -0.2) is 8.42 Å². The largest absolute Gasteiger partial charge is 0.504 e. The summed E-state index contributed by atoms with van der Waals surface area (Å²) in [6, 6.07) is 7.67. The number of rotatable bonds is 5. The van der Waals surface area contributed by atoms with E-state index in [1.54, 1.807) is 0 Å². The maximum absolute atomic E-state index is 12.8. The van der Waals surface area contributed by atoms with Crippen LogP contribution in [0.5, 0.6) is 17.2 Å². The summed E-state index contributed by atoms with van der Waals surface area (Å²) in [6.07, 6.45) is 0.760. The van der Waals surface area contributed by atoms with E-state index in [4.69, 9.17) is 0 Å². The first-order chi connectivity index (χ1) is 14.6. The average molecular weight is 449 g/mol. The van der Waals surface area contributed by atoms with Crippen molar-refractivity contribution in [3.05, 3.63) is 42.0 Å². The summed E-state index contributed by atoms with van der Waals surface area (Å²) < 4.78 is 27.0. The van der Waals surface area contributed by atoms with Crippen LogP contribution in [-0.4, -0.2) is 59.0 Å². The molecule has 2 aromatic carbocycles. The van der Waals surface area contributed by atoms with Gasteiger partial charge < -0.3 is 26.0 Å². The third-order valence-electron chi connectivity index (χ3n) is 4.93. The normalized spacial score (nSPS) is 15.4. The standard InChI is InChI=1S/C20H23N3O7S/c1-12(24)21-14-2-4-16(5-3-14)31(29,30)23-8-6-15(7-9-23)22-20(28)13-10-17(25)19(27)18(26)11-13/h2-5,10-11,15,25-27H,6-9H2,1H3,(H,21,24)(H,22,28). The number of nitrogens with one attached hydrogen (secondary N) is 2. The molecule has 166 valence electrons. The molecule has 1 heterocycles. The number of phenols is 3. The summed E-state index contributed by atoms with van der Waals surface area (Å²) in [5, 5.41) is 33.8. The van der Waals surface area contributed by atoms with Crippen LogP contribution in [0.25, 0.3) is 0 Å². The Bertz CT molecular complexity index is 1070. The Morgan fingerprint density at radius 2 is 1.55 bits per heavy atom. The van der Waals surface area contributed by atoms with Crippen molar-refractivity contribution in [1.29, 1.82) is 0 Å². The van der Waals surface area contributed by atoms with Gasteiger partial charge in [-0.3, -0.25) is 9.59 Å². The van der Waals surface area contributed by atoms with E-state index in [-0.39, 0.29) is 35.5 Å². The molecule has 2 amide bonds. The minimum atomic E-state index is -3.71. The number of piperidine rings is 1. The Labute approximate surface area is 179 Å². The fourth-order valence-electron chi connectivity index (χ4n) is 3.31. The number of hydrogen-bond acceptors (Lipinski definition) is 7. The Morgan fingerprint density at radius 3 is 2.06 bits per heavy atom. The molecule has 3 rings (SSSR count). The van der Waals surface area contributed by atoms with Gasteiger partial charge in [0.1, 0.15) is 0 Å². The van der Waals surface area contributed by atoms with Gasteiger partial charge in [0.2, 0.25) is 15.9 Å². The first kappa shape index (κ1) is 22.4. The molecule has 0 atom stereocenters. The molecule has 0 aromatic heterocycles. The monoisotopic (exact) mass is 449 g/mol. The summed E-state index contributed by atoms with van der Waals surface area (Å²) >= 11 is 0. The molecule has 2 aromatic rings. The predicted octanol–water partition coefficient (Wildman–Crippen LogP) is 1.34. The second kappa shape index (κ2) is 8.82. The highest BCUT2D eigenvalue weighted by Gasteiger charge is 2.30. The highest BCUT2D eigenvalue weighted by atomic mass is 32.2. The van der Waals surface area contributed by atoms with Crippen LogP contribution in [0.2, 0.25) is 0 Å². The van der Waals surface area contributed by atoms with Crippen LogP contribution in [0, 0.1) is 0 Å². The van der Waals surface area contributed by atoms with Crippen molar-refractivity contribution in [2.45, 2.75) is 30.7 Å². The molecule has 1 fully saturated rings. The van der Waals surface area contributed by atoms with E-state index in [0.717, 1.165) is 12.1 Å². The van der Waals surface area contributed by atoms with Crippen molar-refractivity contribution in [2.75, 3.05) is 18.4 Å². The lowest BCUT2D eigenvalue weighted by atomic mass is 10.1. The molecule has 0 aliphatic carbocycles. The van der Waals surface area contributed by atoms with E-state index in [1.807, 2.05) is 0 Å². The van der Waals surface area contributed by atoms with Gasteiger partial charge in [-0.15, -0.1) is 0 Å². The number of carbonyl (C=O) groups is 2. The zero-order valence-electron chi connectivity index (χ0n) is 16.7. The molecular weight excluding hydrogens is 426 g/mol. The predicted molar refractivity (Wildman–Crippen MR) is 111 cm³/mol. The third kappa shape index (κ3) is 5.06. The van der Waals surface area contributed by atoms with Crippen molar-refractivity contribution in [3.8, 4) is 17.2 Å². The first-order valence-electron chi connectivity index (χ1n) is 9.51. The van der Waals surface area contributed by atoms with Gasteiger partial charge in [-0.2, -0.15) is 4.31 Å². The molecule has 31 heavy (non-hydrogen) atoms. The van der Waals surface area contributed by atoms with Gasteiger partial charge >= 0.3 is 0 Å². The Balaban J connectivity index is 1.61. The lowest BCUT2D eigenvalue weighted by Gasteiger charge is -2.31. The minimum Gasteiger partial charge on any atom is -0.504 e. The second-order valence-electron chi connectivity index (χ2n) is 7.22. The van der Waals surface area contributed by atoms with Gasteiger partial charge in [-0.05, 0) is 49.2 Å². The maximum atomic E-state index is 12.8. The molecular formula is C20H23N3O7S. The molecule has 0 spiro atoms. The van der Waals surface area contributed by atoms with Crippen LogP contribution in [0.3, 0.4) is 0 Å². The number of aromatic hydroxyl groups is 3. The Kier molecular flexibility index (Phi) is 6.37. The van der Waals surface area contributed by atoms with Crippen LogP contribution in [-0.2, 0) is 14.8 Å². The van der Waals surface area contributed by atoms with Crippen molar-refractivity contribution >= 4 is 27.5 Å². The second-order valence-corrected chi connectivity index (χ2v) is 9.16. The van der Waals surface area contributed by atoms with Gasteiger partial charge in [0.25, 0.3) is 5.91 Å². The number of hydrogen-bond donors (Lipinski definition) is 5. The quantitative estimate of drug-likeness (QED) is 0.431. The molecule has 1 aliphatic heterocycles. The van der Waals surface area contributed by atoms with Crippen LogP contribution >= 0.6 is 0 Å². The molecule has 0 saturated carbocycles. The molecule has 1 aliphatic rings. The Hall–Kier alpha value is -3.31. The molecule has 0 unspecified atom stereocenters.